The molecule has 0 fully saturated rings. The van der Waals surface area contributed by atoms with Crippen LogP contribution in [0.4, 0.5) is 5.00 Å². The third-order valence-electron chi connectivity index (χ3n) is 5.21. The van der Waals surface area contributed by atoms with Gasteiger partial charge in [0.25, 0.3) is 0 Å². The van der Waals surface area contributed by atoms with Crippen molar-refractivity contribution in [3.05, 3.63) is 45.8 Å². The van der Waals surface area contributed by atoms with E-state index in [9.17, 15) is 18.5 Å². The molecule has 1 aliphatic carbocycles. The summed E-state index contributed by atoms with van der Waals surface area (Å²) in [4.78, 5) is 14.0. The molecule has 1 aromatic carbocycles. The maximum absolute atomic E-state index is 12.6. The summed E-state index contributed by atoms with van der Waals surface area (Å²) in [6.45, 7) is 4.45. The number of nitrogens with zero attached hydrogens (tertiary/aromatic N) is 2. The van der Waals surface area contributed by atoms with E-state index in [0.717, 1.165) is 36.2 Å². The highest BCUT2D eigenvalue weighted by molar-refractivity contribution is 7.89. The van der Waals surface area contributed by atoms with Gasteiger partial charge in [0, 0.05) is 23.5 Å². The topological polar surface area (TPSA) is 90.3 Å². The van der Waals surface area contributed by atoms with Gasteiger partial charge in [-0.05, 0) is 55.5 Å². The van der Waals surface area contributed by atoms with Crippen molar-refractivity contribution in [2.75, 3.05) is 25.0 Å². The van der Waals surface area contributed by atoms with Crippen LogP contribution in [0.1, 0.15) is 53.1 Å². The number of carbonyl (C=O) groups is 1. The van der Waals surface area contributed by atoms with Crippen LogP contribution in [0.25, 0.3) is 0 Å². The van der Waals surface area contributed by atoms with Crippen molar-refractivity contribution in [1.82, 2.24) is 4.31 Å². The molecule has 1 aliphatic rings. The number of nitrogens with one attached hydrogen (secondary N) is 1. The van der Waals surface area contributed by atoms with E-state index in [4.69, 9.17) is 0 Å². The molecule has 0 radical (unpaired) electrons. The number of benzene rings is 1. The zero-order valence-corrected chi connectivity index (χ0v) is 18.3. The third kappa shape index (κ3) is 4.37. The van der Waals surface area contributed by atoms with Gasteiger partial charge in [-0.1, -0.05) is 13.8 Å². The average molecular weight is 432 g/mol. The molecule has 8 heteroatoms. The molecule has 3 rings (SSSR count). The van der Waals surface area contributed by atoms with E-state index in [1.807, 2.05) is 0 Å². The van der Waals surface area contributed by atoms with Crippen LogP contribution in [0.15, 0.2) is 29.2 Å². The van der Waals surface area contributed by atoms with E-state index in [-0.39, 0.29) is 17.2 Å². The Kier molecular flexibility index (Phi) is 6.73. The number of carbonyl (C=O) groups excluding carboxylic acids is 1. The molecule has 1 aromatic heterocycles. The summed E-state index contributed by atoms with van der Waals surface area (Å²) < 4.78 is 26.5. The SMILES string of the molecule is CCN(CC)S(=O)(=O)c1ccc(C(=O)CNc2sc3c(c2C#N)CCCC3)cc1. The molecular formula is C21H25N3O3S2. The Morgan fingerprint density at radius 3 is 2.45 bits per heavy atom. The van der Waals surface area contributed by atoms with E-state index >= 15 is 0 Å². The van der Waals surface area contributed by atoms with Gasteiger partial charge in [-0.25, -0.2) is 8.42 Å². The van der Waals surface area contributed by atoms with Crippen molar-refractivity contribution < 1.29 is 13.2 Å². The minimum atomic E-state index is -3.54. The molecule has 0 saturated carbocycles. The van der Waals surface area contributed by atoms with Crippen LogP contribution >= 0.6 is 11.3 Å². The van der Waals surface area contributed by atoms with Crippen molar-refractivity contribution in [1.29, 1.82) is 5.26 Å². The number of rotatable bonds is 8. The van der Waals surface area contributed by atoms with Crippen LogP contribution in [-0.2, 0) is 22.9 Å². The summed E-state index contributed by atoms with van der Waals surface area (Å²) >= 11 is 1.57. The van der Waals surface area contributed by atoms with Crippen LogP contribution in [0.3, 0.4) is 0 Å². The standard InChI is InChI=1S/C21H25N3O3S2/c1-3-24(4-2)29(26,27)16-11-9-15(10-12-16)19(25)14-23-21-18(13-22)17-7-5-6-8-20(17)28-21/h9-12,23H,3-8,14H2,1-2H3. The van der Waals surface area contributed by atoms with Crippen molar-refractivity contribution in [2.45, 2.75) is 44.4 Å². The average Bonchev–Trinajstić information content (AvgIpc) is 3.10. The lowest BCUT2D eigenvalue weighted by Crippen LogP contribution is -2.30. The summed E-state index contributed by atoms with van der Waals surface area (Å²) in [6, 6.07) is 8.33. The largest absolute Gasteiger partial charge is 0.368 e. The molecule has 154 valence electrons. The van der Waals surface area contributed by atoms with Gasteiger partial charge in [-0.15, -0.1) is 11.3 Å². The molecule has 0 aliphatic heterocycles. The van der Waals surface area contributed by atoms with Crippen molar-refractivity contribution in [3.8, 4) is 6.07 Å². The first-order valence-electron chi connectivity index (χ1n) is 9.84. The lowest BCUT2D eigenvalue weighted by atomic mass is 9.96. The van der Waals surface area contributed by atoms with E-state index in [2.05, 4.69) is 11.4 Å². The zero-order valence-electron chi connectivity index (χ0n) is 16.7. The number of nitriles is 1. The fourth-order valence-electron chi connectivity index (χ4n) is 3.60. The summed E-state index contributed by atoms with van der Waals surface area (Å²) in [5, 5.41) is 13.4. The second kappa shape index (κ2) is 9.08. The van der Waals surface area contributed by atoms with E-state index in [1.165, 1.54) is 21.3 Å². The van der Waals surface area contributed by atoms with E-state index in [1.54, 1.807) is 37.3 Å². The molecule has 29 heavy (non-hydrogen) atoms. The van der Waals surface area contributed by atoms with Gasteiger partial charge in [-0.3, -0.25) is 4.79 Å². The number of Topliss-reactive ketones (excluding diaryl/α,β-unsaturated/α-hetero) is 1. The number of aryl methyl sites for hydroxylation is 1. The number of hydrogen-bond donors (Lipinski definition) is 1. The Bertz CT molecular complexity index is 1030. The van der Waals surface area contributed by atoms with E-state index in [0.29, 0.717) is 24.2 Å². The molecule has 0 spiro atoms. The number of ketones is 1. The molecule has 0 saturated heterocycles. The van der Waals surface area contributed by atoms with Gasteiger partial charge in [0.2, 0.25) is 10.0 Å². The second-order valence-corrected chi connectivity index (χ2v) is 9.96. The maximum Gasteiger partial charge on any atom is 0.243 e. The van der Waals surface area contributed by atoms with Gasteiger partial charge in [-0.2, -0.15) is 9.57 Å². The normalized spacial score (nSPS) is 13.7. The first-order valence-corrected chi connectivity index (χ1v) is 12.1. The number of hydrogen-bond acceptors (Lipinski definition) is 6. The molecule has 1 heterocycles. The van der Waals surface area contributed by atoms with Crippen LogP contribution in [0.2, 0.25) is 0 Å². The molecule has 2 aromatic rings. The highest BCUT2D eigenvalue weighted by Gasteiger charge is 2.23. The van der Waals surface area contributed by atoms with Crippen LogP contribution in [0.5, 0.6) is 0 Å². The Labute approximate surface area is 176 Å². The Hall–Kier alpha value is -2.21. The Morgan fingerprint density at radius 1 is 1.17 bits per heavy atom. The highest BCUT2D eigenvalue weighted by atomic mass is 32.2. The fraction of sp³-hybridized carbons (Fsp3) is 0.429. The number of anilines is 1. The lowest BCUT2D eigenvalue weighted by molar-refractivity contribution is 0.101. The van der Waals surface area contributed by atoms with Crippen molar-refractivity contribution in [2.24, 2.45) is 0 Å². The minimum absolute atomic E-state index is 0.0657. The predicted octanol–water partition coefficient (Wildman–Crippen LogP) is 3.82. The van der Waals surface area contributed by atoms with Crippen LogP contribution < -0.4 is 5.32 Å². The lowest BCUT2D eigenvalue weighted by Gasteiger charge is -2.18. The Balaban J connectivity index is 1.71. The monoisotopic (exact) mass is 431 g/mol. The van der Waals surface area contributed by atoms with E-state index < -0.39 is 10.0 Å². The van der Waals surface area contributed by atoms with Gasteiger partial charge in [0.05, 0.1) is 17.0 Å². The quantitative estimate of drug-likeness (QED) is 0.642. The first-order chi connectivity index (χ1) is 13.9. The molecule has 1 N–H and O–H groups in total. The van der Waals surface area contributed by atoms with Gasteiger partial charge in [0.1, 0.15) is 11.1 Å². The van der Waals surface area contributed by atoms with Gasteiger partial charge in [0.15, 0.2) is 5.78 Å². The fourth-order valence-corrected chi connectivity index (χ4v) is 6.29. The zero-order chi connectivity index (χ0) is 21.0. The first kappa shape index (κ1) is 21.5. The van der Waals surface area contributed by atoms with Gasteiger partial charge >= 0.3 is 0 Å². The smallest absolute Gasteiger partial charge is 0.243 e. The predicted molar refractivity (Wildman–Crippen MR) is 115 cm³/mol. The maximum atomic E-state index is 12.6. The Morgan fingerprint density at radius 2 is 1.83 bits per heavy atom. The molecule has 0 bridgehead atoms. The number of fused-ring (bicyclic) bond motifs is 1. The van der Waals surface area contributed by atoms with Gasteiger partial charge < -0.3 is 5.32 Å². The third-order valence-corrected chi connectivity index (χ3v) is 8.53. The highest BCUT2D eigenvalue weighted by Crippen LogP contribution is 2.37. The molecular weight excluding hydrogens is 406 g/mol. The second-order valence-electron chi connectivity index (χ2n) is 6.92. The number of sulfonamides is 1. The number of thiophene rings is 1. The van der Waals surface area contributed by atoms with Crippen LogP contribution in [0, 0.1) is 11.3 Å². The van der Waals surface area contributed by atoms with Crippen LogP contribution in [-0.4, -0.2) is 38.1 Å². The van der Waals surface area contributed by atoms with Crippen molar-refractivity contribution in [3.63, 3.8) is 0 Å². The van der Waals surface area contributed by atoms with Crippen molar-refractivity contribution >= 4 is 32.1 Å². The summed E-state index contributed by atoms with van der Waals surface area (Å²) in [7, 11) is -3.54. The molecule has 0 unspecified atom stereocenters. The minimum Gasteiger partial charge on any atom is -0.368 e. The molecule has 6 nitrogen and oxygen atoms in total. The summed E-state index contributed by atoms with van der Waals surface area (Å²) in [6.07, 6.45) is 4.15. The molecule has 0 atom stereocenters. The summed E-state index contributed by atoms with van der Waals surface area (Å²) in [5.74, 6) is -0.146. The molecule has 0 amide bonds. The summed E-state index contributed by atoms with van der Waals surface area (Å²) in [5.41, 5.74) is 2.23.